The molecule has 0 aliphatic heterocycles. The predicted molar refractivity (Wildman–Crippen MR) is 62.7 cm³/mol. The Balaban J connectivity index is 2.15. The van der Waals surface area contributed by atoms with Gasteiger partial charge in [-0.05, 0) is 43.2 Å². The summed E-state index contributed by atoms with van der Waals surface area (Å²) in [7, 11) is 0. The van der Waals surface area contributed by atoms with E-state index >= 15 is 0 Å². The topological polar surface area (TPSA) is 20.2 Å². The maximum atomic E-state index is 10.3. The summed E-state index contributed by atoms with van der Waals surface area (Å²) in [5.41, 5.74) is 1.84. The van der Waals surface area contributed by atoms with E-state index in [4.69, 9.17) is 0 Å². The molecule has 1 aromatic carbocycles. The third-order valence-corrected chi connectivity index (χ3v) is 3.45. The molecule has 15 heavy (non-hydrogen) atoms. The molecule has 0 heterocycles. The van der Waals surface area contributed by atoms with Crippen LogP contribution in [0.15, 0.2) is 24.3 Å². The minimum atomic E-state index is -0.606. The molecule has 0 radical (unpaired) electrons. The van der Waals surface area contributed by atoms with Gasteiger partial charge in [-0.1, -0.05) is 37.6 Å². The van der Waals surface area contributed by atoms with Gasteiger partial charge in [0, 0.05) is 0 Å². The Morgan fingerprint density at radius 3 is 2.33 bits per heavy atom. The quantitative estimate of drug-likeness (QED) is 0.798. The second-order valence-electron chi connectivity index (χ2n) is 4.87. The zero-order valence-corrected chi connectivity index (χ0v) is 9.66. The summed E-state index contributed by atoms with van der Waals surface area (Å²) >= 11 is 0. The van der Waals surface area contributed by atoms with Gasteiger partial charge in [-0.15, -0.1) is 0 Å². The van der Waals surface area contributed by atoms with Crippen molar-refractivity contribution in [1.29, 1.82) is 0 Å². The monoisotopic (exact) mass is 204 g/mol. The number of hydrogen-bond donors (Lipinski definition) is 1. The SMILES string of the molecule is CCCc1ccc(C(C)(O)C2CC2)cc1. The van der Waals surface area contributed by atoms with E-state index in [9.17, 15) is 5.11 Å². The molecule has 1 nitrogen and oxygen atoms in total. The summed E-state index contributed by atoms with van der Waals surface area (Å²) in [4.78, 5) is 0. The van der Waals surface area contributed by atoms with Crippen LogP contribution in [0.5, 0.6) is 0 Å². The van der Waals surface area contributed by atoms with Crippen LogP contribution >= 0.6 is 0 Å². The third kappa shape index (κ3) is 2.23. The second-order valence-corrected chi connectivity index (χ2v) is 4.87. The standard InChI is InChI=1S/C14H20O/c1-3-4-11-5-7-12(8-6-11)14(2,15)13-9-10-13/h5-8,13,15H,3-4,9-10H2,1-2H3. The first kappa shape index (κ1) is 10.7. The Morgan fingerprint density at radius 2 is 1.87 bits per heavy atom. The number of aryl methyl sites for hydroxylation is 1. The molecule has 1 aromatic rings. The summed E-state index contributed by atoms with van der Waals surface area (Å²) in [5, 5.41) is 10.3. The second kappa shape index (κ2) is 3.97. The average molecular weight is 204 g/mol. The van der Waals surface area contributed by atoms with E-state index < -0.39 is 5.60 Å². The molecular weight excluding hydrogens is 184 g/mol. The molecule has 1 fully saturated rings. The smallest absolute Gasteiger partial charge is 0.0896 e. The lowest BCUT2D eigenvalue weighted by Crippen LogP contribution is -2.23. The van der Waals surface area contributed by atoms with Gasteiger partial charge in [0.1, 0.15) is 0 Å². The van der Waals surface area contributed by atoms with Crippen LogP contribution in [0.1, 0.15) is 44.2 Å². The van der Waals surface area contributed by atoms with Crippen molar-refractivity contribution in [3.63, 3.8) is 0 Å². The van der Waals surface area contributed by atoms with E-state index in [0.717, 1.165) is 12.0 Å². The number of hydrogen-bond acceptors (Lipinski definition) is 1. The molecule has 0 aromatic heterocycles. The van der Waals surface area contributed by atoms with Crippen LogP contribution in [0.4, 0.5) is 0 Å². The average Bonchev–Trinajstić information content (AvgIpc) is 3.02. The maximum Gasteiger partial charge on any atom is 0.0896 e. The Hall–Kier alpha value is -0.820. The van der Waals surface area contributed by atoms with Crippen molar-refractivity contribution < 1.29 is 5.11 Å². The van der Waals surface area contributed by atoms with Crippen LogP contribution in [-0.4, -0.2) is 5.11 Å². The first-order chi connectivity index (χ1) is 7.14. The molecular formula is C14H20O. The number of benzene rings is 1. The zero-order valence-electron chi connectivity index (χ0n) is 9.66. The molecule has 1 atom stereocenters. The number of aliphatic hydroxyl groups is 1. The highest BCUT2D eigenvalue weighted by Gasteiger charge is 2.40. The van der Waals surface area contributed by atoms with Crippen molar-refractivity contribution in [2.45, 2.75) is 45.1 Å². The molecule has 82 valence electrons. The van der Waals surface area contributed by atoms with Gasteiger partial charge < -0.3 is 5.11 Å². The van der Waals surface area contributed by atoms with Crippen LogP contribution in [0, 0.1) is 5.92 Å². The van der Waals surface area contributed by atoms with Crippen molar-refractivity contribution in [3.05, 3.63) is 35.4 Å². The van der Waals surface area contributed by atoms with E-state index in [1.165, 1.54) is 24.8 Å². The minimum absolute atomic E-state index is 0.481. The molecule has 1 unspecified atom stereocenters. The summed E-state index contributed by atoms with van der Waals surface area (Å²) < 4.78 is 0. The third-order valence-electron chi connectivity index (χ3n) is 3.45. The van der Waals surface area contributed by atoms with Crippen LogP contribution in [-0.2, 0) is 12.0 Å². The van der Waals surface area contributed by atoms with Gasteiger partial charge in [0.15, 0.2) is 0 Å². The van der Waals surface area contributed by atoms with Gasteiger partial charge in [0.2, 0.25) is 0 Å². The molecule has 0 amide bonds. The van der Waals surface area contributed by atoms with Crippen LogP contribution in [0.2, 0.25) is 0 Å². The van der Waals surface area contributed by atoms with E-state index in [1.807, 2.05) is 6.92 Å². The largest absolute Gasteiger partial charge is 0.385 e. The molecule has 1 N–H and O–H groups in total. The molecule has 0 bridgehead atoms. The molecule has 0 spiro atoms. The van der Waals surface area contributed by atoms with Gasteiger partial charge >= 0.3 is 0 Å². The van der Waals surface area contributed by atoms with E-state index in [0.29, 0.717) is 5.92 Å². The van der Waals surface area contributed by atoms with E-state index in [2.05, 4.69) is 31.2 Å². The lowest BCUT2D eigenvalue weighted by Gasteiger charge is -2.23. The van der Waals surface area contributed by atoms with Gasteiger partial charge in [0.05, 0.1) is 5.60 Å². The van der Waals surface area contributed by atoms with Gasteiger partial charge in [-0.3, -0.25) is 0 Å². The fourth-order valence-electron chi connectivity index (χ4n) is 2.18. The normalized spacial score (nSPS) is 19.9. The molecule has 1 aliphatic carbocycles. The number of rotatable bonds is 4. The highest BCUT2D eigenvalue weighted by atomic mass is 16.3. The fraction of sp³-hybridized carbons (Fsp3) is 0.571. The summed E-state index contributed by atoms with van der Waals surface area (Å²) in [6.45, 7) is 4.13. The Bertz CT molecular complexity index is 320. The minimum Gasteiger partial charge on any atom is -0.385 e. The highest BCUT2D eigenvalue weighted by molar-refractivity contribution is 5.28. The van der Waals surface area contributed by atoms with Crippen LogP contribution in [0.3, 0.4) is 0 Å². The maximum absolute atomic E-state index is 10.3. The molecule has 1 aliphatic rings. The first-order valence-electron chi connectivity index (χ1n) is 5.96. The summed E-state index contributed by atoms with van der Waals surface area (Å²) in [6, 6.07) is 8.47. The molecule has 2 rings (SSSR count). The van der Waals surface area contributed by atoms with Crippen molar-refractivity contribution in [2.24, 2.45) is 5.92 Å². The van der Waals surface area contributed by atoms with Crippen LogP contribution in [0.25, 0.3) is 0 Å². The fourth-order valence-corrected chi connectivity index (χ4v) is 2.18. The van der Waals surface area contributed by atoms with Crippen molar-refractivity contribution in [1.82, 2.24) is 0 Å². The predicted octanol–water partition coefficient (Wildman–Crippen LogP) is 3.26. The lowest BCUT2D eigenvalue weighted by molar-refractivity contribution is 0.0331. The highest BCUT2D eigenvalue weighted by Crippen LogP contribution is 2.45. The Morgan fingerprint density at radius 1 is 1.27 bits per heavy atom. The molecule has 0 saturated heterocycles. The zero-order chi connectivity index (χ0) is 10.9. The molecule has 1 saturated carbocycles. The first-order valence-corrected chi connectivity index (χ1v) is 5.96. The van der Waals surface area contributed by atoms with Crippen molar-refractivity contribution in [3.8, 4) is 0 Å². The molecule has 1 heteroatoms. The van der Waals surface area contributed by atoms with Crippen LogP contribution < -0.4 is 0 Å². The van der Waals surface area contributed by atoms with Gasteiger partial charge in [-0.2, -0.15) is 0 Å². The van der Waals surface area contributed by atoms with Crippen molar-refractivity contribution in [2.75, 3.05) is 0 Å². The summed E-state index contributed by atoms with van der Waals surface area (Å²) in [5.74, 6) is 0.481. The van der Waals surface area contributed by atoms with Crippen molar-refractivity contribution >= 4 is 0 Å². The van der Waals surface area contributed by atoms with E-state index in [-0.39, 0.29) is 0 Å². The summed E-state index contributed by atoms with van der Waals surface area (Å²) in [6.07, 6.45) is 4.65. The van der Waals surface area contributed by atoms with Gasteiger partial charge in [-0.25, -0.2) is 0 Å². The van der Waals surface area contributed by atoms with Gasteiger partial charge in [0.25, 0.3) is 0 Å². The Kier molecular flexibility index (Phi) is 2.83. The Labute approximate surface area is 92.1 Å². The van der Waals surface area contributed by atoms with E-state index in [1.54, 1.807) is 0 Å². The lowest BCUT2D eigenvalue weighted by atomic mass is 9.90.